The summed E-state index contributed by atoms with van der Waals surface area (Å²) in [4.78, 5) is 15.0. The maximum absolute atomic E-state index is 13.1. The van der Waals surface area contributed by atoms with Crippen LogP contribution in [0.25, 0.3) is 11.0 Å². The summed E-state index contributed by atoms with van der Waals surface area (Å²) in [5.41, 5.74) is 3.66. The van der Waals surface area contributed by atoms with Crippen LogP contribution in [-0.4, -0.2) is 40.7 Å². The van der Waals surface area contributed by atoms with Crippen LogP contribution >= 0.6 is 11.6 Å². The van der Waals surface area contributed by atoms with E-state index in [1.54, 1.807) is 0 Å². The van der Waals surface area contributed by atoms with Gasteiger partial charge in [0.25, 0.3) is 5.91 Å². The molecule has 1 saturated heterocycles. The van der Waals surface area contributed by atoms with Crippen LogP contribution in [0, 0.1) is 6.92 Å². The quantitative estimate of drug-likeness (QED) is 0.429. The third kappa shape index (κ3) is 4.10. The van der Waals surface area contributed by atoms with E-state index in [-0.39, 0.29) is 11.8 Å². The Morgan fingerprint density at radius 2 is 2.06 bits per heavy atom. The van der Waals surface area contributed by atoms with E-state index in [9.17, 15) is 4.79 Å². The molecule has 164 valence electrons. The second-order valence-electron chi connectivity index (χ2n) is 8.16. The number of amides is 1. The Morgan fingerprint density at radius 1 is 1.25 bits per heavy atom. The molecular formula is C25H24ClN3O3. The van der Waals surface area contributed by atoms with Gasteiger partial charge in [-0.2, -0.15) is 5.10 Å². The van der Waals surface area contributed by atoms with E-state index in [4.69, 9.17) is 20.8 Å². The minimum Gasteiger partial charge on any atom is -0.493 e. The van der Waals surface area contributed by atoms with Gasteiger partial charge in [-0.25, -0.2) is 0 Å². The minimum absolute atomic E-state index is 0.0478. The Kier molecular flexibility index (Phi) is 5.62. The van der Waals surface area contributed by atoms with Crippen molar-refractivity contribution in [3.63, 3.8) is 0 Å². The van der Waals surface area contributed by atoms with Crippen molar-refractivity contribution in [2.75, 3.05) is 19.7 Å². The zero-order chi connectivity index (χ0) is 22.1. The summed E-state index contributed by atoms with van der Waals surface area (Å²) < 4.78 is 11.6. The summed E-state index contributed by atoms with van der Waals surface area (Å²) >= 11 is 5.90. The van der Waals surface area contributed by atoms with Crippen molar-refractivity contribution < 1.29 is 13.9 Å². The molecule has 1 fully saturated rings. The molecule has 32 heavy (non-hydrogen) atoms. The van der Waals surface area contributed by atoms with Crippen LogP contribution < -0.4 is 4.74 Å². The summed E-state index contributed by atoms with van der Waals surface area (Å²) in [5.74, 6) is 1.40. The molecule has 1 atom stereocenters. The van der Waals surface area contributed by atoms with E-state index in [1.807, 2.05) is 60.4 Å². The van der Waals surface area contributed by atoms with Crippen molar-refractivity contribution in [1.29, 1.82) is 0 Å². The monoisotopic (exact) mass is 449 g/mol. The SMILES string of the molecule is Cc1c(C(=O)N2CC[C@H](c3cc(CCOc4ccc(Cl)cc4)[nH]n3)C2)oc2ccccc12. The number of aryl methyl sites for hydroxylation is 1. The third-order valence-corrected chi connectivity index (χ3v) is 6.29. The number of benzene rings is 2. The first-order chi connectivity index (χ1) is 15.6. The standard InChI is InChI=1S/C25H24ClN3O3/c1-16-21-4-2-3-5-23(21)32-24(16)25(30)29-12-10-17(15-29)22-14-19(27-28-22)11-13-31-20-8-6-18(26)7-9-20/h2-9,14,17H,10-13,15H2,1H3,(H,27,28)/t17-/m0/s1. The lowest BCUT2D eigenvalue weighted by molar-refractivity contribution is 0.0760. The van der Waals surface area contributed by atoms with E-state index in [0.29, 0.717) is 30.5 Å². The van der Waals surface area contributed by atoms with E-state index < -0.39 is 0 Å². The number of carbonyl (C=O) groups is 1. The number of fused-ring (bicyclic) bond motifs is 1. The lowest BCUT2D eigenvalue weighted by Gasteiger charge is -2.14. The second-order valence-corrected chi connectivity index (χ2v) is 8.60. The molecule has 2 aromatic carbocycles. The number of hydrogen-bond donors (Lipinski definition) is 1. The molecule has 5 rings (SSSR count). The Hall–Kier alpha value is -3.25. The fourth-order valence-corrected chi connectivity index (χ4v) is 4.36. The number of nitrogens with one attached hydrogen (secondary N) is 1. The molecule has 0 unspecified atom stereocenters. The van der Waals surface area contributed by atoms with Gasteiger partial charge in [0.2, 0.25) is 0 Å². The predicted molar refractivity (Wildman–Crippen MR) is 123 cm³/mol. The molecule has 1 aliphatic rings. The van der Waals surface area contributed by atoms with Gasteiger partial charge in [0.05, 0.1) is 12.3 Å². The first kappa shape index (κ1) is 20.6. The number of aromatic nitrogens is 2. The summed E-state index contributed by atoms with van der Waals surface area (Å²) in [6.45, 7) is 3.82. The van der Waals surface area contributed by atoms with Crippen molar-refractivity contribution in [3.8, 4) is 5.75 Å². The lowest BCUT2D eigenvalue weighted by Crippen LogP contribution is -2.28. The molecule has 4 aromatic rings. The van der Waals surface area contributed by atoms with Gasteiger partial charge >= 0.3 is 0 Å². The molecule has 1 amide bonds. The molecule has 1 aliphatic heterocycles. The van der Waals surface area contributed by atoms with Crippen LogP contribution in [0.2, 0.25) is 5.02 Å². The van der Waals surface area contributed by atoms with Crippen LogP contribution in [0.3, 0.4) is 0 Å². The van der Waals surface area contributed by atoms with Gasteiger partial charge in [0.15, 0.2) is 5.76 Å². The molecule has 0 aliphatic carbocycles. The van der Waals surface area contributed by atoms with Crippen LogP contribution in [0.5, 0.6) is 5.75 Å². The van der Waals surface area contributed by atoms with Gasteiger partial charge in [-0.15, -0.1) is 0 Å². The maximum atomic E-state index is 13.1. The first-order valence-electron chi connectivity index (χ1n) is 10.8. The van der Waals surface area contributed by atoms with Gasteiger partial charge in [-0.1, -0.05) is 29.8 Å². The van der Waals surface area contributed by atoms with Gasteiger partial charge in [0, 0.05) is 47.1 Å². The van der Waals surface area contributed by atoms with Crippen molar-refractivity contribution in [2.45, 2.75) is 25.7 Å². The van der Waals surface area contributed by atoms with Crippen molar-refractivity contribution in [1.82, 2.24) is 15.1 Å². The van der Waals surface area contributed by atoms with E-state index in [2.05, 4.69) is 16.3 Å². The Bertz CT molecular complexity index is 1250. The van der Waals surface area contributed by atoms with Crippen molar-refractivity contribution in [3.05, 3.63) is 82.3 Å². The van der Waals surface area contributed by atoms with Gasteiger partial charge in [0.1, 0.15) is 11.3 Å². The highest BCUT2D eigenvalue weighted by Crippen LogP contribution is 2.31. The number of likely N-dealkylation sites (tertiary alicyclic amines) is 1. The molecule has 2 aromatic heterocycles. The maximum Gasteiger partial charge on any atom is 0.289 e. The number of ether oxygens (including phenoxy) is 1. The molecule has 3 heterocycles. The lowest BCUT2D eigenvalue weighted by atomic mass is 10.0. The molecule has 7 heteroatoms. The fourth-order valence-electron chi connectivity index (χ4n) is 4.23. The zero-order valence-corrected chi connectivity index (χ0v) is 18.6. The summed E-state index contributed by atoms with van der Waals surface area (Å²) in [6, 6.07) is 17.2. The van der Waals surface area contributed by atoms with E-state index in [0.717, 1.165) is 46.5 Å². The molecule has 0 spiro atoms. The number of para-hydroxylation sites is 1. The molecule has 0 radical (unpaired) electrons. The summed E-state index contributed by atoms with van der Waals surface area (Å²) in [6.07, 6.45) is 1.61. The molecule has 0 bridgehead atoms. The van der Waals surface area contributed by atoms with Crippen molar-refractivity contribution in [2.24, 2.45) is 0 Å². The Balaban J connectivity index is 1.19. The number of hydrogen-bond acceptors (Lipinski definition) is 4. The minimum atomic E-state index is -0.0478. The number of aromatic amines is 1. The zero-order valence-electron chi connectivity index (χ0n) is 17.8. The highest BCUT2D eigenvalue weighted by atomic mass is 35.5. The largest absolute Gasteiger partial charge is 0.493 e. The average Bonchev–Trinajstić information content (AvgIpc) is 3.54. The van der Waals surface area contributed by atoms with E-state index >= 15 is 0 Å². The summed E-state index contributed by atoms with van der Waals surface area (Å²) in [5, 5.41) is 9.28. The van der Waals surface area contributed by atoms with Crippen LogP contribution in [0.4, 0.5) is 0 Å². The van der Waals surface area contributed by atoms with Crippen molar-refractivity contribution >= 4 is 28.5 Å². The highest BCUT2D eigenvalue weighted by Gasteiger charge is 2.32. The molecule has 0 saturated carbocycles. The second kappa shape index (κ2) is 8.71. The van der Waals surface area contributed by atoms with Crippen LogP contribution in [0.15, 0.2) is 59.0 Å². The number of carbonyl (C=O) groups excluding carboxylic acids is 1. The predicted octanol–water partition coefficient (Wildman–Crippen LogP) is 5.37. The number of rotatable bonds is 6. The molecule has 1 N–H and O–H groups in total. The Morgan fingerprint density at radius 3 is 2.88 bits per heavy atom. The topological polar surface area (TPSA) is 71.4 Å². The van der Waals surface area contributed by atoms with Crippen LogP contribution in [-0.2, 0) is 6.42 Å². The Labute approximate surface area is 191 Å². The van der Waals surface area contributed by atoms with Gasteiger partial charge in [-0.3, -0.25) is 9.89 Å². The normalized spacial score (nSPS) is 16.1. The fraction of sp³-hybridized carbons (Fsp3) is 0.280. The molecular weight excluding hydrogens is 426 g/mol. The van der Waals surface area contributed by atoms with Gasteiger partial charge < -0.3 is 14.1 Å². The summed E-state index contributed by atoms with van der Waals surface area (Å²) in [7, 11) is 0. The smallest absolute Gasteiger partial charge is 0.289 e. The van der Waals surface area contributed by atoms with E-state index in [1.165, 1.54) is 0 Å². The van der Waals surface area contributed by atoms with Gasteiger partial charge in [-0.05, 0) is 49.7 Å². The average molecular weight is 450 g/mol. The number of furan rings is 1. The molecule has 6 nitrogen and oxygen atoms in total. The number of nitrogens with zero attached hydrogens (tertiary/aromatic N) is 2. The van der Waals surface area contributed by atoms with Crippen LogP contribution in [0.1, 0.15) is 39.8 Å². The number of halogens is 1. The third-order valence-electron chi connectivity index (χ3n) is 6.04. The highest BCUT2D eigenvalue weighted by molar-refractivity contribution is 6.30. The number of H-pyrrole nitrogens is 1. The first-order valence-corrected chi connectivity index (χ1v) is 11.2.